The number of fused-ring (bicyclic) bond motifs is 1. The second-order valence-electron chi connectivity index (χ2n) is 6.95. The molecule has 146 valence electrons. The summed E-state index contributed by atoms with van der Waals surface area (Å²) in [6.45, 7) is 0. The van der Waals surface area contributed by atoms with Crippen molar-refractivity contribution in [3.05, 3.63) is 59.2 Å². The molecule has 0 bridgehead atoms. The maximum atomic E-state index is 12.5. The van der Waals surface area contributed by atoms with Crippen molar-refractivity contribution in [2.24, 2.45) is 0 Å². The zero-order chi connectivity index (χ0) is 19.9. The Morgan fingerprint density at radius 2 is 1.57 bits per heavy atom. The van der Waals surface area contributed by atoms with Gasteiger partial charge in [-0.3, -0.25) is 9.59 Å². The summed E-state index contributed by atoms with van der Waals surface area (Å²) in [7, 11) is 1.53. The van der Waals surface area contributed by atoms with Gasteiger partial charge < -0.3 is 16.0 Å². The highest BCUT2D eigenvalue weighted by Crippen LogP contribution is 2.23. The van der Waals surface area contributed by atoms with Gasteiger partial charge in [-0.1, -0.05) is 18.2 Å². The van der Waals surface area contributed by atoms with Crippen LogP contribution in [-0.2, 0) is 17.6 Å². The van der Waals surface area contributed by atoms with Gasteiger partial charge in [0.2, 0.25) is 5.91 Å². The first-order chi connectivity index (χ1) is 13.5. The Bertz CT molecular complexity index is 892. The molecule has 2 aromatic carbocycles. The second kappa shape index (κ2) is 9.17. The summed E-state index contributed by atoms with van der Waals surface area (Å²) in [4.78, 5) is 36.0. The van der Waals surface area contributed by atoms with Crippen molar-refractivity contribution in [1.29, 1.82) is 0 Å². The number of aryl methyl sites for hydroxylation is 2. The molecule has 1 aliphatic carbocycles. The topological polar surface area (TPSA) is 87.3 Å². The molecule has 6 nitrogen and oxygen atoms in total. The second-order valence-corrected chi connectivity index (χ2v) is 6.95. The minimum absolute atomic E-state index is 0.0152. The molecule has 3 N–H and O–H groups in total. The number of carbonyl (C=O) groups is 3. The van der Waals surface area contributed by atoms with Crippen LogP contribution in [0.25, 0.3) is 0 Å². The highest BCUT2D eigenvalue weighted by Gasteiger charge is 2.14. The molecular formula is C22H25N3O3. The first kappa shape index (κ1) is 19.6. The van der Waals surface area contributed by atoms with E-state index < -0.39 is 0 Å². The van der Waals surface area contributed by atoms with Crippen molar-refractivity contribution in [2.45, 2.75) is 38.5 Å². The molecule has 0 radical (unpaired) electrons. The lowest BCUT2D eigenvalue weighted by Gasteiger charge is -2.16. The number of carbonyl (C=O) groups excluding carboxylic acids is 3. The average Bonchev–Trinajstić information content (AvgIpc) is 2.71. The molecule has 0 saturated heterocycles. The predicted octanol–water partition coefficient (Wildman–Crippen LogP) is 3.92. The number of hydrogen-bond donors (Lipinski definition) is 3. The Morgan fingerprint density at radius 1 is 0.857 bits per heavy atom. The maximum absolute atomic E-state index is 12.5. The third-order valence-corrected chi connectivity index (χ3v) is 4.88. The molecule has 0 heterocycles. The first-order valence-electron chi connectivity index (χ1n) is 9.59. The van der Waals surface area contributed by atoms with Gasteiger partial charge in [-0.25, -0.2) is 4.79 Å². The summed E-state index contributed by atoms with van der Waals surface area (Å²) in [5, 5.41) is 7.88. The quantitative estimate of drug-likeness (QED) is 0.665. The number of urea groups is 1. The number of rotatable bonds is 6. The van der Waals surface area contributed by atoms with Crippen LogP contribution in [0.1, 0.15) is 47.2 Å². The Balaban J connectivity index is 1.53. The summed E-state index contributed by atoms with van der Waals surface area (Å²) < 4.78 is 0. The lowest BCUT2D eigenvalue weighted by Crippen LogP contribution is -2.24. The molecule has 0 unspecified atom stereocenters. The van der Waals surface area contributed by atoms with Gasteiger partial charge in [0, 0.05) is 36.8 Å². The average molecular weight is 379 g/mol. The molecular weight excluding hydrogens is 354 g/mol. The van der Waals surface area contributed by atoms with Crippen LogP contribution in [0.5, 0.6) is 0 Å². The van der Waals surface area contributed by atoms with Crippen molar-refractivity contribution < 1.29 is 14.4 Å². The monoisotopic (exact) mass is 379 g/mol. The molecule has 6 heteroatoms. The van der Waals surface area contributed by atoms with Gasteiger partial charge >= 0.3 is 6.03 Å². The summed E-state index contributed by atoms with van der Waals surface area (Å²) in [5.74, 6) is -0.248. The van der Waals surface area contributed by atoms with Gasteiger partial charge in [-0.15, -0.1) is 0 Å². The van der Waals surface area contributed by atoms with E-state index in [2.05, 4.69) is 16.0 Å². The van der Waals surface area contributed by atoms with E-state index in [1.807, 2.05) is 18.2 Å². The van der Waals surface area contributed by atoms with Crippen molar-refractivity contribution in [1.82, 2.24) is 5.32 Å². The molecule has 0 atom stereocenters. The lowest BCUT2D eigenvalue weighted by molar-refractivity contribution is -0.116. The molecule has 28 heavy (non-hydrogen) atoms. The standard InChI is InChI=1S/C22H25N3O3/c1-23-22(28)25-19-8-4-7-18(14-19)24-21(27)12-11-20(26)17-10-9-15-5-2-3-6-16(15)13-17/h4,7-10,13-14H,2-3,5-6,11-12H2,1H3,(H,24,27)(H2,23,25,28). The molecule has 2 aromatic rings. The normalized spacial score (nSPS) is 12.6. The number of benzene rings is 2. The fourth-order valence-corrected chi connectivity index (χ4v) is 3.37. The van der Waals surface area contributed by atoms with Crippen molar-refractivity contribution in [3.8, 4) is 0 Å². The van der Waals surface area contributed by atoms with Crippen LogP contribution < -0.4 is 16.0 Å². The number of anilines is 2. The minimum Gasteiger partial charge on any atom is -0.341 e. The predicted molar refractivity (Wildman–Crippen MR) is 110 cm³/mol. The van der Waals surface area contributed by atoms with E-state index in [0.29, 0.717) is 16.9 Å². The van der Waals surface area contributed by atoms with Crippen LogP contribution in [-0.4, -0.2) is 24.8 Å². The van der Waals surface area contributed by atoms with Gasteiger partial charge in [-0.05, 0) is 61.1 Å². The lowest BCUT2D eigenvalue weighted by atomic mass is 9.89. The van der Waals surface area contributed by atoms with Crippen LogP contribution in [0.15, 0.2) is 42.5 Å². The zero-order valence-corrected chi connectivity index (χ0v) is 16.0. The zero-order valence-electron chi connectivity index (χ0n) is 16.0. The highest BCUT2D eigenvalue weighted by molar-refractivity contribution is 6.00. The van der Waals surface area contributed by atoms with Gasteiger partial charge in [0.1, 0.15) is 0 Å². The molecule has 1 aliphatic rings. The van der Waals surface area contributed by atoms with E-state index in [9.17, 15) is 14.4 Å². The van der Waals surface area contributed by atoms with Gasteiger partial charge in [0.15, 0.2) is 5.78 Å². The van der Waals surface area contributed by atoms with Gasteiger partial charge in [0.05, 0.1) is 0 Å². The van der Waals surface area contributed by atoms with E-state index in [4.69, 9.17) is 0 Å². The Kier molecular flexibility index (Phi) is 6.42. The van der Waals surface area contributed by atoms with E-state index in [-0.39, 0.29) is 30.6 Å². The number of amides is 3. The SMILES string of the molecule is CNC(=O)Nc1cccc(NC(=O)CCC(=O)c2ccc3c(c2)CCCC3)c1. The molecule has 3 amide bonds. The van der Waals surface area contributed by atoms with Crippen LogP contribution in [0, 0.1) is 0 Å². The van der Waals surface area contributed by atoms with E-state index >= 15 is 0 Å². The maximum Gasteiger partial charge on any atom is 0.318 e. The summed E-state index contributed by atoms with van der Waals surface area (Å²) in [5.41, 5.74) is 4.43. The van der Waals surface area contributed by atoms with Crippen molar-refractivity contribution in [2.75, 3.05) is 17.7 Å². The number of Topliss-reactive ketones (excluding diaryl/α,β-unsaturated/α-hetero) is 1. The van der Waals surface area contributed by atoms with Crippen LogP contribution in [0.4, 0.5) is 16.2 Å². The van der Waals surface area contributed by atoms with Gasteiger partial charge in [-0.2, -0.15) is 0 Å². The Labute approximate surface area is 164 Å². The van der Waals surface area contributed by atoms with Crippen LogP contribution in [0.2, 0.25) is 0 Å². The molecule has 0 aliphatic heterocycles. The minimum atomic E-state index is -0.334. The number of hydrogen-bond acceptors (Lipinski definition) is 3. The summed E-state index contributed by atoms with van der Waals surface area (Å²) in [6.07, 6.45) is 4.77. The third-order valence-electron chi connectivity index (χ3n) is 4.88. The molecule has 0 fully saturated rings. The molecule has 0 spiro atoms. The molecule has 0 saturated carbocycles. The first-order valence-corrected chi connectivity index (χ1v) is 9.59. The fraction of sp³-hybridized carbons (Fsp3) is 0.318. The van der Waals surface area contributed by atoms with Crippen molar-refractivity contribution >= 4 is 29.1 Å². The largest absolute Gasteiger partial charge is 0.341 e. The van der Waals surface area contributed by atoms with E-state index in [1.54, 1.807) is 24.3 Å². The van der Waals surface area contributed by atoms with Crippen molar-refractivity contribution in [3.63, 3.8) is 0 Å². The highest BCUT2D eigenvalue weighted by atomic mass is 16.2. The van der Waals surface area contributed by atoms with Gasteiger partial charge in [0.25, 0.3) is 0 Å². The number of nitrogens with one attached hydrogen (secondary N) is 3. The Hall–Kier alpha value is -3.15. The summed E-state index contributed by atoms with van der Waals surface area (Å²) in [6, 6.07) is 12.4. The van der Waals surface area contributed by atoms with Crippen LogP contribution in [0.3, 0.4) is 0 Å². The summed E-state index contributed by atoms with van der Waals surface area (Å²) >= 11 is 0. The van der Waals surface area contributed by atoms with Crippen LogP contribution >= 0.6 is 0 Å². The third kappa shape index (κ3) is 5.19. The number of ketones is 1. The van der Waals surface area contributed by atoms with E-state index in [0.717, 1.165) is 12.8 Å². The van der Waals surface area contributed by atoms with E-state index in [1.165, 1.54) is 31.0 Å². The smallest absolute Gasteiger partial charge is 0.318 e. The molecule has 0 aromatic heterocycles. The Morgan fingerprint density at radius 3 is 2.32 bits per heavy atom. The molecule has 3 rings (SSSR count). The fourth-order valence-electron chi connectivity index (χ4n) is 3.37.